The number of phenols is 1. The maximum Gasteiger partial charge on any atom is 0.420 e. The SMILES string of the molecule is Cc1cc(N)c2c(c1Oc1ccc(O)c(C(F)(F)F)c1)CCC2. The summed E-state index contributed by atoms with van der Waals surface area (Å²) in [6, 6.07) is 4.91. The molecule has 0 aromatic heterocycles. The largest absolute Gasteiger partial charge is 0.507 e. The van der Waals surface area contributed by atoms with Crippen molar-refractivity contribution in [3.63, 3.8) is 0 Å². The molecule has 1 aliphatic rings. The smallest absolute Gasteiger partial charge is 0.420 e. The lowest BCUT2D eigenvalue weighted by atomic mass is 10.0. The lowest BCUT2D eigenvalue weighted by Crippen LogP contribution is -2.05. The summed E-state index contributed by atoms with van der Waals surface area (Å²) in [6.45, 7) is 1.81. The van der Waals surface area contributed by atoms with Crippen LogP contribution in [0.3, 0.4) is 0 Å². The Bertz CT molecular complexity index is 769. The van der Waals surface area contributed by atoms with Crippen LogP contribution >= 0.6 is 0 Å². The number of alkyl halides is 3. The first-order valence-electron chi connectivity index (χ1n) is 7.26. The molecule has 0 atom stereocenters. The first-order valence-corrected chi connectivity index (χ1v) is 7.26. The molecule has 3 N–H and O–H groups in total. The molecule has 122 valence electrons. The van der Waals surface area contributed by atoms with Gasteiger partial charge in [-0.05, 0) is 61.6 Å². The predicted octanol–water partition coefficient (Wildman–Crippen LogP) is 4.58. The molecule has 0 saturated carbocycles. The van der Waals surface area contributed by atoms with E-state index in [0.29, 0.717) is 11.4 Å². The number of hydrogen-bond donors (Lipinski definition) is 2. The van der Waals surface area contributed by atoms with Crippen LogP contribution < -0.4 is 10.5 Å². The number of nitrogen functional groups attached to an aromatic ring is 1. The number of ether oxygens (including phenoxy) is 1. The minimum Gasteiger partial charge on any atom is -0.507 e. The molecule has 1 aliphatic carbocycles. The predicted molar refractivity (Wildman–Crippen MR) is 80.8 cm³/mol. The second-order valence-corrected chi connectivity index (χ2v) is 5.70. The highest BCUT2D eigenvalue weighted by molar-refractivity contribution is 5.62. The summed E-state index contributed by atoms with van der Waals surface area (Å²) in [6.07, 6.45) is -2.05. The number of benzene rings is 2. The van der Waals surface area contributed by atoms with Crippen LogP contribution in [-0.2, 0) is 19.0 Å². The van der Waals surface area contributed by atoms with Crippen LogP contribution in [0.4, 0.5) is 18.9 Å². The minimum absolute atomic E-state index is 0.0390. The number of phenolic OH excluding ortho intramolecular Hbond substituents is 1. The third kappa shape index (κ3) is 2.81. The third-order valence-corrected chi connectivity index (χ3v) is 4.06. The van der Waals surface area contributed by atoms with Gasteiger partial charge in [0, 0.05) is 11.3 Å². The van der Waals surface area contributed by atoms with Gasteiger partial charge in [-0.2, -0.15) is 13.2 Å². The summed E-state index contributed by atoms with van der Waals surface area (Å²) in [7, 11) is 0. The van der Waals surface area contributed by atoms with Crippen molar-refractivity contribution in [1.82, 2.24) is 0 Å². The van der Waals surface area contributed by atoms with E-state index in [2.05, 4.69) is 0 Å². The van der Waals surface area contributed by atoms with Gasteiger partial charge in [0.25, 0.3) is 0 Å². The summed E-state index contributed by atoms with van der Waals surface area (Å²) in [5, 5.41) is 9.39. The zero-order valence-corrected chi connectivity index (χ0v) is 12.5. The monoisotopic (exact) mass is 323 g/mol. The van der Waals surface area contributed by atoms with E-state index in [1.165, 1.54) is 6.07 Å². The highest BCUT2D eigenvalue weighted by Gasteiger charge is 2.34. The third-order valence-electron chi connectivity index (χ3n) is 4.06. The Labute approximate surface area is 131 Å². The van der Waals surface area contributed by atoms with Crippen molar-refractivity contribution in [2.75, 3.05) is 5.73 Å². The lowest BCUT2D eigenvalue weighted by Gasteiger charge is -2.17. The Hall–Kier alpha value is -2.37. The second-order valence-electron chi connectivity index (χ2n) is 5.70. The number of aryl methyl sites for hydroxylation is 1. The number of halogens is 3. The van der Waals surface area contributed by atoms with Crippen molar-refractivity contribution < 1.29 is 23.0 Å². The maximum absolute atomic E-state index is 12.9. The van der Waals surface area contributed by atoms with Crippen LogP contribution in [0.5, 0.6) is 17.2 Å². The average Bonchev–Trinajstić information content (AvgIpc) is 2.93. The van der Waals surface area contributed by atoms with Gasteiger partial charge in [0.2, 0.25) is 0 Å². The van der Waals surface area contributed by atoms with E-state index in [0.717, 1.165) is 48.1 Å². The molecule has 0 fully saturated rings. The van der Waals surface area contributed by atoms with Gasteiger partial charge < -0.3 is 15.6 Å². The van der Waals surface area contributed by atoms with Gasteiger partial charge in [-0.15, -0.1) is 0 Å². The quantitative estimate of drug-likeness (QED) is 0.795. The van der Waals surface area contributed by atoms with E-state index >= 15 is 0 Å². The second kappa shape index (κ2) is 5.37. The van der Waals surface area contributed by atoms with Crippen LogP contribution in [0.1, 0.15) is 28.7 Å². The number of aromatic hydroxyl groups is 1. The number of fused-ring (bicyclic) bond motifs is 1. The molecule has 0 aliphatic heterocycles. The maximum atomic E-state index is 12.9. The highest BCUT2D eigenvalue weighted by atomic mass is 19.4. The Balaban J connectivity index is 2.03. The number of hydrogen-bond acceptors (Lipinski definition) is 3. The lowest BCUT2D eigenvalue weighted by molar-refractivity contribution is -0.138. The first kappa shape index (κ1) is 15.5. The average molecular weight is 323 g/mol. The van der Waals surface area contributed by atoms with Gasteiger partial charge in [-0.25, -0.2) is 0 Å². The van der Waals surface area contributed by atoms with Crippen LogP contribution in [0.2, 0.25) is 0 Å². The number of nitrogens with two attached hydrogens (primary N) is 1. The highest BCUT2D eigenvalue weighted by Crippen LogP contribution is 2.42. The van der Waals surface area contributed by atoms with Crippen molar-refractivity contribution in [3.05, 3.63) is 46.5 Å². The van der Waals surface area contributed by atoms with Crippen molar-refractivity contribution in [2.45, 2.75) is 32.4 Å². The van der Waals surface area contributed by atoms with E-state index in [1.807, 2.05) is 6.92 Å². The van der Waals surface area contributed by atoms with Gasteiger partial charge >= 0.3 is 6.18 Å². The van der Waals surface area contributed by atoms with E-state index in [9.17, 15) is 18.3 Å². The molecular formula is C17H16F3NO2. The zero-order valence-electron chi connectivity index (χ0n) is 12.5. The molecule has 0 radical (unpaired) electrons. The minimum atomic E-state index is -4.64. The molecule has 3 nitrogen and oxygen atoms in total. The molecule has 2 aromatic rings. The summed E-state index contributed by atoms with van der Waals surface area (Å²) < 4.78 is 44.4. The summed E-state index contributed by atoms with van der Waals surface area (Å²) in [4.78, 5) is 0. The molecule has 0 spiro atoms. The molecule has 6 heteroatoms. The summed E-state index contributed by atoms with van der Waals surface area (Å²) in [5.74, 6) is -0.216. The van der Waals surface area contributed by atoms with E-state index in [-0.39, 0.29) is 5.75 Å². The fourth-order valence-electron chi connectivity index (χ4n) is 3.00. The molecule has 0 unspecified atom stereocenters. The topological polar surface area (TPSA) is 55.5 Å². The fourth-order valence-corrected chi connectivity index (χ4v) is 3.00. The molecular weight excluding hydrogens is 307 g/mol. The molecule has 3 rings (SSSR count). The van der Waals surface area contributed by atoms with E-state index in [1.54, 1.807) is 6.07 Å². The summed E-state index contributed by atoms with van der Waals surface area (Å²) in [5.41, 5.74) is 8.34. The van der Waals surface area contributed by atoms with Crippen molar-refractivity contribution in [3.8, 4) is 17.2 Å². The van der Waals surface area contributed by atoms with Crippen LogP contribution in [0.15, 0.2) is 24.3 Å². The van der Waals surface area contributed by atoms with Crippen molar-refractivity contribution in [1.29, 1.82) is 0 Å². The normalized spacial score (nSPS) is 13.9. The zero-order chi connectivity index (χ0) is 16.8. The van der Waals surface area contributed by atoms with Gasteiger partial charge in [0.05, 0.1) is 0 Å². The van der Waals surface area contributed by atoms with Gasteiger partial charge in [0.1, 0.15) is 22.8 Å². The molecule has 0 heterocycles. The van der Waals surface area contributed by atoms with Crippen molar-refractivity contribution >= 4 is 5.69 Å². The Morgan fingerprint density at radius 1 is 1.13 bits per heavy atom. The first-order chi connectivity index (χ1) is 10.8. The van der Waals surface area contributed by atoms with Crippen LogP contribution in [-0.4, -0.2) is 5.11 Å². The standard InChI is InChI=1S/C17H16F3NO2/c1-9-7-14(21)11-3-2-4-12(11)16(9)23-10-5-6-15(22)13(8-10)17(18,19)20/h5-8,22H,2-4,21H2,1H3. The van der Waals surface area contributed by atoms with Gasteiger partial charge in [-0.3, -0.25) is 0 Å². The van der Waals surface area contributed by atoms with Gasteiger partial charge in [0.15, 0.2) is 0 Å². The molecule has 0 amide bonds. The van der Waals surface area contributed by atoms with Crippen LogP contribution in [0.25, 0.3) is 0 Å². The fraction of sp³-hybridized carbons (Fsp3) is 0.294. The van der Waals surface area contributed by atoms with E-state index < -0.39 is 17.5 Å². The Morgan fingerprint density at radius 2 is 1.83 bits per heavy atom. The van der Waals surface area contributed by atoms with E-state index in [4.69, 9.17) is 10.5 Å². The Morgan fingerprint density at radius 3 is 2.52 bits per heavy atom. The molecule has 2 aromatic carbocycles. The van der Waals surface area contributed by atoms with Crippen molar-refractivity contribution in [2.24, 2.45) is 0 Å². The number of anilines is 1. The Kier molecular flexibility index (Phi) is 3.62. The molecule has 0 bridgehead atoms. The van der Waals surface area contributed by atoms with Crippen LogP contribution in [0, 0.1) is 6.92 Å². The molecule has 23 heavy (non-hydrogen) atoms. The summed E-state index contributed by atoms with van der Waals surface area (Å²) >= 11 is 0. The van der Waals surface area contributed by atoms with Gasteiger partial charge in [-0.1, -0.05) is 0 Å². The molecule has 0 saturated heterocycles. The number of rotatable bonds is 2.